The topological polar surface area (TPSA) is 52.7 Å². The lowest BCUT2D eigenvalue weighted by atomic mass is 9.84. The maximum atomic E-state index is 13.3. The largest absolute Gasteiger partial charge is 0.353 e. The Kier molecular flexibility index (Phi) is 6.77. The highest BCUT2D eigenvalue weighted by Crippen LogP contribution is 2.40. The fraction of sp³-hybridized carbons (Fsp3) is 0.680. The number of carbonyl (C=O) groups is 2. The Bertz CT molecular complexity index is 727. The first-order valence-electron chi connectivity index (χ1n) is 11.9. The van der Waals surface area contributed by atoms with Crippen LogP contribution in [0.2, 0.25) is 0 Å². The van der Waals surface area contributed by atoms with Gasteiger partial charge in [-0.25, -0.2) is 0 Å². The molecule has 3 aliphatic rings. The molecule has 5 heteroatoms. The molecule has 0 spiro atoms. The quantitative estimate of drug-likeness (QED) is 0.806. The van der Waals surface area contributed by atoms with Crippen molar-refractivity contribution in [1.29, 1.82) is 0 Å². The average Bonchev–Trinajstić information content (AvgIpc) is 3.13. The number of amides is 2. The SMILES string of the molecule is CC1CC(C)CN(CCNC(=O)C2CC3CCCCC3N2C(=O)c2ccccc2)C1. The molecule has 4 rings (SSSR count). The molecule has 164 valence electrons. The van der Waals surface area contributed by atoms with Crippen molar-refractivity contribution in [2.75, 3.05) is 26.2 Å². The molecule has 1 aromatic carbocycles. The molecule has 1 N–H and O–H groups in total. The summed E-state index contributed by atoms with van der Waals surface area (Å²) in [6.07, 6.45) is 6.64. The van der Waals surface area contributed by atoms with Gasteiger partial charge < -0.3 is 15.1 Å². The molecule has 0 bridgehead atoms. The minimum Gasteiger partial charge on any atom is -0.353 e. The van der Waals surface area contributed by atoms with Crippen LogP contribution in [0.1, 0.15) is 62.7 Å². The Hall–Kier alpha value is -1.88. The first kappa shape index (κ1) is 21.4. The van der Waals surface area contributed by atoms with Gasteiger partial charge in [0.1, 0.15) is 6.04 Å². The summed E-state index contributed by atoms with van der Waals surface area (Å²) in [5, 5.41) is 3.17. The molecule has 5 atom stereocenters. The standard InChI is InChI=1S/C25H37N3O2/c1-18-14-19(2)17-27(16-18)13-12-26-24(29)23-15-21-10-6-7-11-22(21)28(23)25(30)20-8-4-3-5-9-20/h3-5,8-9,18-19,21-23H,6-7,10-17H2,1-2H3,(H,26,29). The average molecular weight is 412 g/mol. The van der Waals surface area contributed by atoms with E-state index < -0.39 is 0 Å². The third-order valence-electron chi connectivity index (χ3n) is 7.32. The summed E-state index contributed by atoms with van der Waals surface area (Å²) in [7, 11) is 0. The molecular formula is C25H37N3O2. The smallest absolute Gasteiger partial charge is 0.254 e. The van der Waals surface area contributed by atoms with Gasteiger partial charge >= 0.3 is 0 Å². The maximum Gasteiger partial charge on any atom is 0.254 e. The van der Waals surface area contributed by atoms with Crippen molar-refractivity contribution >= 4 is 11.8 Å². The van der Waals surface area contributed by atoms with Crippen molar-refractivity contribution < 1.29 is 9.59 Å². The van der Waals surface area contributed by atoms with Gasteiger partial charge in [0.15, 0.2) is 0 Å². The second kappa shape index (κ2) is 9.51. The lowest BCUT2D eigenvalue weighted by molar-refractivity contribution is -0.125. The van der Waals surface area contributed by atoms with Gasteiger partial charge in [-0.05, 0) is 55.6 Å². The van der Waals surface area contributed by atoms with Gasteiger partial charge in [0.2, 0.25) is 5.91 Å². The van der Waals surface area contributed by atoms with Crippen LogP contribution in [0.3, 0.4) is 0 Å². The summed E-state index contributed by atoms with van der Waals surface area (Å²) < 4.78 is 0. The van der Waals surface area contributed by atoms with Crippen LogP contribution in [0.4, 0.5) is 0 Å². The number of rotatable bonds is 5. The minimum atomic E-state index is -0.329. The van der Waals surface area contributed by atoms with E-state index in [1.165, 1.54) is 12.8 Å². The molecule has 5 unspecified atom stereocenters. The molecular weight excluding hydrogens is 374 g/mol. The second-order valence-corrected chi connectivity index (χ2v) is 9.94. The van der Waals surface area contributed by atoms with Crippen LogP contribution in [-0.2, 0) is 4.79 Å². The monoisotopic (exact) mass is 411 g/mol. The van der Waals surface area contributed by atoms with E-state index in [-0.39, 0.29) is 23.9 Å². The fourth-order valence-electron chi connectivity index (χ4n) is 6.15. The Balaban J connectivity index is 1.40. The molecule has 1 aromatic rings. The predicted molar refractivity (Wildman–Crippen MR) is 119 cm³/mol. The third kappa shape index (κ3) is 4.72. The molecule has 3 fully saturated rings. The molecule has 0 radical (unpaired) electrons. The van der Waals surface area contributed by atoms with E-state index in [9.17, 15) is 9.59 Å². The van der Waals surface area contributed by atoms with Crippen LogP contribution in [0, 0.1) is 17.8 Å². The van der Waals surface area contributed by atoms with Crippen molar-refractivity contribution in [1.82, 2.24) is 15.1 Å². The molecule has 1 saturated carbocycles. The van der Waals surface area contributed by atoms with E-state index in [0.29, 0.717) is 18.0 Å². The van der Waals surface area contributed by atoms with E-state index in [2.05, 4.69) is 24.1 Å². The number of carbonyl (C=O) groups excluding carboxylic acids is 2. The Morgan fingerprint density at radius 3 is 2.43 bits per heavy atom. The van der Waals surface area contributed by atoms with Gasteiger partial charge in [-0.1, -0.05) is 44.9 Å². The Morgan fingerprint density at radius 1 is 1.00 bits per heavy atom. The van der Waals surface area contributed by atoms with E-state index in [1.807, 2.05) is 35.2 Å². The van der Waals surface area contributed by atoms with Crippen LogP contribution in [-0.4, -0.2) is 59.9 Å². The van der Waals surface area contributed by atoms with Crippen molar-refractivity contribution in [2.24, 2.45) is 17.8 Å². The predicted octanol–water partition coefficient (Wildman–Crippen LogP) is 3.55. The summed E-state index contributed by atoms with van der Waals surface area (Å²) in [4.78, 5) is 30.9. The summed E-state index contributed by atoms with van der Waals surface area (Å²) in [5.74, 6) is 1.96. The van der Waals surface area contributed by atoms with Crippen molar-refractivity contribution in [3.05, 3.63) is 35.9 Å². The van der Waals surface area contributed by atoms with Crippen LogP contribution in [0.25, 0.3) is 0 Å². The summed E-state index contributed by atoms with van der Waals surface area (Å²) in [6.45, 7) is 8.42. The van der Waals surface area contributed by atoms with Crippen molar-refractivity contribution in [3.8, 4) is 0 Å². The highest BCUT2D eigenvalue weighted by atomic mass is 16.2. The lowest BCUT2D eigenvalue weighted by Gasteiger charge is -2.35. The molecule has 5 nitrogen and oxygen atoms in total. The van der Waals surface area contributed by atoms with Crippen molar-refractivity contribution in [2.45, 2.75) is 64.5 Å². The number of hydrogen-bond acceptors (Lipinski definition) is 3. The van der Waals surface area contributed by atoms with E-state index in [1.54, 1.807) is 0 Å². The normalized spacial score (nSPS) is 31.9. The molecule has 30 heavy (non-hydrogen) atoms. The molecule has 2 heterocycles. The molecule has 2 saturated heterocycles. The van der Waals surface area contributed by atoms with E-state index in [4.69, 9.17) is 0 Å². The van der Waals surface area contributed by atoms with Gasteiger partial charge in [-0.2, -0.15) is 0 Å². The number of likely N-dealkylation sites (tertiary alicyclic amines) is 2. The molecule has 1 aliphatic carbocycles. The second-order valence-electron chi connectivity index (χ2n) is 9.94. The van der Waals surface area contributed by atoms with Crippen LogP contribution in [0.15, 0.2) is 30.3 Å². The highest BCUT2D eigenvalue weighted by molar-refractivity contribution is 5.98. The first-order valence-corrected chi connectivity index (χ1v) is 11.9. The third-order valence-corrected chi connectivity index (χ3v) is 7.32. The lowest BCUT2D eigenvalue weighted by Crippen LogP contribution is -2.51. The number of benzene rings is 1. The first-order chi connectivity index (χ1) is 14.5. The van der Waals surface area contributed by atoms with Gasteiger partial charge in [-0.3, -0.25) is 9.59 Å². The molecule has 0 aromatic heterocycles. The fourth-order valence-corrected chi connectivity index (χ4v) is 6.15. The highest BCUT2D eigenvalue weighted by Gasteiger charge is 2.47. The van der Waals surface area contributed by atoms with Gasteiger partial charge in [0.05, 0.1) is 0 Å². The Labute approximate surface area is 181 Å². The van der Waals surface area contributed by atoms with Gasteiger partial charge in [0.25, 0.3) is 5.91 Å². The molecule has 2 amide bonds. The van der Waals surface area contributed by atoms with E-state index >= 15 is 0 Å². The van der Waals surface area contributed by atoms with Crippen LogP contribution in [0.5, 0.6) is 0 Å². The van der Waals surface area contributed by atoms with Crippen molar-refractivity contribution in [3.63, 3.8) is 0 Å². The minimum absolute atomic E-state index is 0.0174. The summed E-state index contributed by atoms with van der Waals surface area (Å²) in [6, 6.07) is 9.35. The zero-order valence-corrected chi connectivity index (χ0v) is 18.6. The van der Waals surface area contributed by atoms with Gasteiger partial charge in [0, 0.05) is 37.8 Å². The number of nitrogens with one attached hydrogen (secondary N) is 1. The number of nitrogens with zero attached hydrogens (tertiary/aromatic N) is 2. The van der Waals surface area contributed by atoms with E-state index in [0.717, 1.165) is 57.2 Å². The zero-order chi connectivity index (χ0) is 21.1. The van der Waals surface area contributed by atoms with Gasteiger partial charge in [-0.15, -0.1) is 0 Å². The summed E-state index contributed by atoms with van der Waals surface area (Å²) in [5.41, 5.74) is 0.692. The van der Waals surface area contributed by atoms with Crippen LogP contribution >= 0.6 is 0 Å². The number of fused-ring (bicyclic) bond motifs is 1. The zero-order valence-electron chi connectivity index (χ0n) is 18.6. The number of hydrogen-bond donors (Lipinski definition) is 1. The van der Waals surface area contributed by atoms with Crippen LogP contribution < -0.4 is 5.32 Å². The molecule has 2 aliphatic heterocycles. The summed E-state index contributed by atoms with van der Waals surface area (Å²) >= 11 is 0. The maximum absolute atomic E-state index is 13.3. The Morgan fingerprint density at radius 2 is 1.70 bits per heavy atom. The number of piperidine rings is 1.